The van der Waals surface area contributed by atoms with Gasteiger partial charge in [-0.25, -0.2) is 9.36 Å². The van der Waals surface area contributed by atoms with E-state index in [0.717, 1.165) is 23.0 Å². The summed E-state index contributed by atoms with van der Waals surface area (Å²) in [5.41, 5.74) is 0.942. The standard InChI is InChI=1S/C17H12F3N5/c18-17(19,20)14-7-5-12(6-8-14)10-24-11-16(22-23-24)25-15-4-2-1-3-13(15)9-21-25/h1-9,11H,10H2. The van der Waals surface area contributed by atoms with E-state index in [1.54, 1.807) is 21.8 Å². The van der Waals surface area contributed by atoms with Gasteiger partial charge in [-0.3, -0.25) is 0 Å². The van der Waals surface area contributed by atoms with Gasteiger partial charge in [0, 0.05) is 5.39 Å². The van der Waals surface area contributed by atoms with Crippen LogP contribution in [-0.4, -0.2) is 24.8 Å². The van der Waals surface area contributed by atoms with Gasteiger partial charge in [-0.1, -0.05) is 35.5 Å². The van der Waals surface area contributed by atoms with Crippen LogP contribution >= 0.6 is 0 Å². The summed E-state index contributed by atoms with van der Waals surface area (Å²) in [6.07, 6.45) is -0.887. The molecule has 0 unspecified atom stereocenters. The third-order valence-corrected chi connectivity index (χ3v) is 3.85. The lowest BCUT2D eigenvalue weighted by Crippen LogP contribution is -2.05. The highest BCUT2D eigenvalue weighted by Gasteiger charge is 2.29. The van der Waals surface area contributed by atoms with Crippen molar-refractivity contribution >= 4 is 10.9 Å². The lowest BCUT2D eigenvalue weighted by Gasteiger charge is -2.07. The number of alkyl halides is 3. The quantitative estimate of drug-likeness (QED) is 0.570. The first-order valence-corrected chi connectivity index (χ1v) is 7.50. The van der Waals surface area contributed by atoms with Crippen molar-refractivity contribution in [3.05, 3.63) is 72.1 Å². The number of hydrogen-bond acceptors (Lipinski definition) is 3. The highest BCUT2D eigenvalue weighted by Crippen LogP contribution is 2.29. The van der Waals surface area contributed by atoms with E-state index in [9.17, 15) is 13.2 Å². The molecule has 0 spiro atoms. The van der Waals surface area contributed by atoms with E-state index in [2.05, 4.69) is 15.4 Å². The minimum absolute atomic E-state index is 0.324. The minimum atomic E-state index is -4.33. The molecular formula is C17H12F3N5. The monoisotopic (exact) mass is 343 g/mol. The number of halogens is 3. The molecule has 0 radical (unpaired) electrons. The first kappa shape index (κ1) is 15.4. The highest BCUT2D eigenvalue weighted by molar-refractivity contribution is 5.79. The summed E-state index contributed by atoms with van der Waals surface area (Å²) < 4.78 is 41.0. The molecule has 8 heteroatoms. The maximum Gasteiger partial charge on any atom is 0.416 e. The fraction of sp³-hybridized carbons (Fsp3) is 0.118. The summed E-state index contributed by atoms with van der Waals surface area (Å²) in [7, 11) is 0. The third kappa shape index (κ3) is 2.98. The molecule has 0 amide bonds. The lowest BCUT2D eigenvalue weighted by molar-refractivity contribution is -0.137. The first-order valence-electron chi connectivity index (χ1n) is 7.50. The molecule has 25 heavy (non-hydrogen) atoms. The molecule has 0 aliphatic carbocycles. The topological polar surface area (TPSA) is 48.5 Å². The van der Waals surface area contributed by atoms with E-state index in [-0.39, 0.29) is 0 Å². The van der Waals surface area contributed by atoms with Crippen LogP contribution in [0.3, 0.4) is 0 Å². The van der Waals surface area contributed by atoms with Gasteiger partial charge in [0.1, 0.15) is 0 Å². The second-order valence-corrected chi connectivity index (χ2v) is 5.58. The van der Waals surface area contributed by atoms with Crippen molar-refractivity contribution in [3.63, 3.8) is 0 Å². The fourth-order valence-corrected chi connectivity index (χ4v) is 2.60. The van der Waals surface area contributed by atoms with Crippen molar-refractivity contribution in [2.24, 2.45) is 0 Å². The minimum Gasteiger partial charge on any atom is -0.246 e. The van der Waals surface area contributed by atoms with Gasteiger partial charge in [0.2, 0.25) is 0 Å². The van der Waals surface area contributed by atoms with Gasteiger partial charge in [0.05, 0.1) is 30.0 Å². The molecule has 0 fully saturated rings. The molecule has 2 aromatic heterocycles. The van der Waals surface area contributed by atoms with Gasteiger partial charge in [-0.2, -0.15) is 18.3 Å². The Bertz CT molecular complexity index is 1010. The van der Waals surface area contributed by atoms with E-state index in [4.69, 9.17) is 0 Å². The number of nitrogens with zero attached hydrogens (tertiary/aromatic N) is 5. The van der Waals surface area contributed by atoms with Crippen LogP contribution in [0.1, 0.15) is 11.1 Å². The van der Waals surface area contributed by atoms with Gasteiger partial charge >= 0.3 is 6.18 Å². The number of hydrogen-bond donors (Lipinski definition) is 0. The third-order valence-electron chi connectivity index (χ3n) is 3.85. The summed E-state index contributed by atoms with van der Waals surface area (Å²) in [4.78, 5) is 0. The molecule has 126 valence electrons. The molecule has 5 nitrogen and oxygen atoms in total. The molecule has 4 aromatic rings. The Morgan fingerprint density at radius 2 is 1.72 bits per heavy atom. The molecule has 0 saturated heterocycles. The van der Waals surface area contributed by atoms with Gasteiger partial charge in [-0.05, 0) is 23.8 Å². The van der Waals surface area contributed by atoms with E-state index < -0.39 is 11.7 Å². The van der Waals surface area contributed by atoms with Crippen LogP contribution in [0, 0.1) is 0 Å². The molecule has 0 atom stereocenters. The van der Waals surface area contributed by atoms with Gasteiger partial charge < -0.3 is 0 Å². The van der Waals surface area contributed by atoms with Gasteiger partial charge in [0.15, 0.2) is 5.82 Å². The van der Waals surface area contributed by atoms with Crippen LogP contribution in [0.5, 0.6) is 0 Å². The molecule has 0 saturated carbocycles. The number of fused-ring (bicyclic) bond motifs is 1. The van der Waals surface area contributed by atoms with E-state index in [0.29, 0.717) is 17.9 Å². The summed E-state index contributed by atoms with van der Waals surface area (Å²) >= 11 is 0. The molecule has 0 aliphatic rings. The van der Waals surface area contributed by atoms with Crippen LogP contribution < -0.4 is 0 Å². The molecular weight excluding hydrogens is 331 g/mol. The second kappa shape index (κ2) is 5.73. The predicted octanol–water partition coefficient (Wildman–Crippen LogP) is 3.68. The van der Waals surface area contributed by atoms with Crippen molar-refractivity contribution in [1.29, 1.82) is 0 Å². The largest absolute Gasteiger partial charge is 0.416 e. The summed E-state index contributed by atoms with van der Waals surface area (Å²) in [5, 5.41) is 13.4. The molecule has 0 aliphatic heterocycles. The van der Waals surface area contributed by atoms with Crippen LogP contribution in [0.2, 0.25) is 0 Å². The second-order valence-electron chi connectivity index (χ2n) is 5.58. The van der Waals surface area contributed by atoms with Crippen molar-refractivity contribution in [3.8, 4) is 5.82 Å². The average Bonchev–Trinajstić information content (AvgIpc) is 3.21. The highest BCUT2D eigenvalue weighted by atomic mass is 19.4. The predicted molar refractivity (Wildman–Crippen MR) is 85.2 cm³/mol. The molecule has 2 heterocycles. The fourth-order valence-electron chi connectivity index (χ4n) is 2.60. The Morgan fingerprint density at radius 3 is 2.48 bits per heavy atom. The maximum atomic E-state index is 12.6. The number of aromatic nitrogens is 5. The zero-order valence-corrected chi connectivity index (χ0v) is 12.9. The molecule has 0 N–H and O–H groups in total. The van der Waals surface area contributed by atoms with Crippen molar-refractivity contribution in [2.75, 3.05) is 0 Å². The van der Waals surface area contributed by atoms with Crippen LogP contribution in [0.15, 0.2) is 60.9 Å². The zero-order valence-electron chi connectivity index (χ0n) is 12.9. The summed E-state index contributed by atoms with van der Waals surface area (Å²) in [6, 6.07) is 12.7. The molecule has 0 bridgehead atoms. The smallest absolute Gasteiger partial charge is 0.246 e. The Morgan fingerprint density at radius 1 is 0.960 bits per heavy atom. The number of rotatable bonds is 3. The normalized spacial score (nSPS) is 12.0. The lowest BCUT2D eigenvalue weighted by atomic mass is 10.1. The van der Waals surface area contributed by atoms with Crippen molar-refractivity contribution in [2.45, 2.75) is 12.7 Å². The van der Waals surface area contributed by atoms with Crippen LogP contribution in [-0.2, 0) is 12.7 Å². The van der Waals surface area contributed by atoms with Crippen molar-refractivity contribution in [1.82, 2.24) is 24.8 Å². The number of para-hydroxylation sites is 1. The Hall–Kier alpha value is -3.16. The first-order chi connectivity index (χ1) is 12.0. The van der Waals surface area contributed by atoms with Crippen LogP contribution in [0.4, 0.5) is 13.2 Å². The zero-order chi connectivity index (χ0) is 17.4. The average molecular weight is 343 g/mol. The van der Waals surface area contributed by atoms with Crippen LogP contribution in [0.25, 0.3) is 16.7 Å². The van der Waals surface area contributed by atoms with Gasteiger partial charge in [-0.15, -0.1) is 5.10 Å². The van der Waals surface area contributed by atoms with Crippen molar-refractivity contribution < 1.29 is 13.2 Å². The summed E-state index contributed by atoms with van der Waals surface area (Å²) in [5.74, 6) is 0.549. The number of benzene rings is 2. The van der Waals surface area contributed by atoms with E-state index in [1.165, 1.54) is 12.1 Å². The molecule has 2 aromatic carbocycles. The SMILES string of the molecule is FC(F)(F)c1ccc(Cn2cc(-n3ncc4ccccc43)nn2)cc1. The Kier molecular flexibility index (Phi) is 3.52. The van der Waals surface area contributed by atoms with E-state index >= 15 is 0 Å². The Balaban J connectivity index is 1.57. The van der Waals surface area contributed by atoms with Gasteiger partial charge in [0.25, 0.3) is 0 Å². The van der Waals surface area contributed by atoms with E-state index in [1.807, 2.05) is 24.3 Å². The Labute approximate surface area is 140 Å². The molecule has 4 rings (SSSR count). The maximum absolute atomic E-state index is 12.6. The summed E-state index contributed by atoms with van der Waals surface area (Å²) in [6.45, 7) is 0.324.